The molecule has 0 bridgehead atoms. The summed E-state index contributed by atoms with van der Waals surface area (Å²) in [5.74, 6) is -0.429. The smallest absolute Gasteiger partial charge is 0.216 e. The van der Waals surface area contributed by atoms with Crippen molar-refractivity contribution in [2.45, 2.75) is 31.8 Å². The molecular formula is C9H16O4. The first-order valence-corrected chi connectivity index (χ1v) is 4.86. The van der Waals surface area contributed by atoms with Crippen molar-refractivity contribution >= 4 is 0 Å². The van der Waals surface area contributed by atoms with E-state index in [1.807, 2.05) is 0 Å². The van der Waals surface area contributed by atoms with Gasteiger partial charge in [-0.05, 0) is 6.42 Å². The van der Waals surface area contributed by atoms with Crippen LogP contribution in [0.4, 0.5) is 0 Å². The summed E-state index contributed by atoms with van der Waals surface area (Å²) in [6.07, 6.45) is 2.21. The van der Waals surface area contributed by atoms with Crippen LogP contribution in [0.1, 0.15) is 19.8 Å². The summed E-state index contributed by atoms with van der Waals surface area (Å²) in [6, 6.07) is 0. The molecule has 0 aromatic carbocycles. The summed E-state index contributed by atoms with van der Waals surface area (Å²) in [7, 11) is 0. The standard InChI is InChI=1S/C9H16O4/c1-2-3-4-12-9(7-13-9)6-11-8-5-10-8/h8H,2-7H2,1H3. The second kappa shape index (κ2) is 3.92. The molecule has 0 N–H and O–H groups in total. The van der Waals surface area contributed by atoms with Gasteiger partial charge in [-0.25, -0.2) is 0 Å². The molecular weight excluding hydrogens is 172 g/mol. The lowest BCUT2D eigenvalue weighted by Crippen LogP contribution is -2.24. The maximum absolute atomic E-state index is 5.56. The summed E-state index contributed by atoms with van der Waals surface area (Å²) in [4.78, 5) is 0. The fraction of sp³-hybridized carbons (Fsp3) is 1.00. The number of ether oxygens (including phenoxy) is 4. The van der Waals surface area contributed by atoms with E-state index >= 15 is 0 Å². The highest BCUT2D eigenvalue weighted by Gasteiger charge is 2.48. The summed E-state index contributed by atoms with van der Waals surface area (Å²) >= 11 is 0. The molecule has 76 valence electrons. The van der Waals surface area contributed by atoms with Crippen molar-refractivity contribution in [2.24, 2.45) is 0 Å². The van der Waals surface area contributed by atoms with Crippen molar-refractivity contribution in [1.82, 2.24) is 0 Å². The zero-order chi connectivity index (χ0) is 9.15. The highest BCUT2D eigenvalue weighted by molar-refractivity contribution is 4.82. The van der Waals surface area contributed by atoms with Gasteiger partial charge < -0.3 is 18.9 Å². The van der Waals surface area contributed by atoms with Crippen molar-refractivity contribution < 1.29 is 18.9 Å². The number of rotatable bonds is 7. The second-order valence-corrected chi connectivity index (χ2v) is 3.48. The third kappa shape index (κ3) is 2.91. The highest BCUT2D eigenvalue weighted by atomic mass is 16.8. The van der Waals surface area contributed by atoms with Crippen molar-refractivity contribution in [3.63, 3.8) is 0 Å². The van der Waals surface area contributed by atoms with Crippen molar-refractivity contribution in [2.75, 3.05) is 26.4 Å². The summed E-state index contributed by atoms with van der Waals surface area (Å²) in [6.45, 7) is 4.76. The molecule has 2 saturated heterocycles. The van der Waals surface area contributed by atoms with Crippen LogP contribution in [0.15, 0.2) is 0 Å². The van der Waals surface area contributed by atoms with Gasteiger partial charge in [0.1, 0.15) is 19.8 Å². The van der Waals surface area contributed by atoms with Crippen LogP contribution in [0, 0.1) is 0 Å². The van der Waals surface area contributed by atoms with Crippen LogP contribution in [0.3, 0.4) is 0 Å². The first kappa shape index (κ1) is 9.40. The number of hydrogen-bond donors (Lipinski definition) is 0. The van der Waals surface area contributed by atoms with Crippen LogP contribution < -0.4 is 0 Å². The van der Waals surface area contributed by atoms with Crippen molar-refractivity contribution in [3.8, 4) is 0 Å². The van der Waals surface area contributed by atoms with Gasteiger partial charge in [0.05, 0.1) is 6.61 Å². The van der Waals surface area contributed by atoms with Gasteiger partial charge in [0.25, 0.3) is 0 Å². The van der Waals surface area contributed by atoms with Gasteiger partial charge in [-0.1, -0.05) is 13.3 Å². The van der Waals surface area contributed by atoms with Crippen LogP contribution in [0.5, 0.6) is 0 Å². The van der Waals surface area contributed by atoms with Crippen LogP contribution >= 0.6 is 0 Å². The van der Waals surface area contributed by atoms with E-state index in [-0.39, 0.29) is 6.29 Å². The minimum Gasteiger partial charge on any atom is -0.346 e. The average Bonchev–Trinajstić information content (AvgIpc) is 3.00. The van der Waals surface area contributed by atoms with Crippen LogP contribution in [-0.2, 0) is 18.9 Å². The first-order valence-electron chi connectivity index (χ1n) is 4.86. The lowest BCUT2D eigenvalue weighted by molar-refractivity contribution is -0.109. The molecule has 0 aromatic rings. The Morgan fingerprint density at radius 1 is 1.54 bits per heavy atom. The zero-order valence-electron chi connectivity index (χ0n) is 7.95. The Hall–Kier alpha value is -0.160. The Labute approximate surface area is 78.1 Å². The molecule has 0 aliphatic carbocycles. The summed E-state index contributed by atoms with van der Waals surface area (Å²) in [5.41, 5.74) is 0. The van der Waals surface area contributed by atoms with Crippen molar-refractivity contribution in [1.29, 1.82) is 0 Å². The molecule has 0 aromatic heterocycles. The molecule has 0 radical (unpaired) electrons. The largest absolute Gasteiger partial charge is 0.346 e. The van der Waals surface area contributed by atoms with Gasteiger partial charge in [-0.2, -0.15) is 0 Å². The fourth-order valence-corrected chi connectivity index (χ4v) is 1.05. The molecule has 2 fully saturated rings. The predicted molar refractivity (Wildman–Crippen MR) is 45.2 cm³/mol. The van der Waals surface area contributed by atoms with Gasteiger partial charge in [-0.3, -0.25) is 0 Å². The lowest BCUT2D eigenvalue weighted by atomic mass is 10.3. The molecule has 0 spiro atoms. The van der Waals surface area contributed by atoms with Gasteiger partial charge in [0, 0.05) is 0 Å². The quantitative estimate of drug-likeness (QED) is 0.440. The van der Waals surface area contributed by atoms with Gasteiger partial charge in [0.15, 0.2) is 6.29 Å². The minimum absolute atomic E-state index is 0.00384. The van der Waals surface area contributed by atoms with Crippen molar-refractivity contribution in [3.05, 3.63) is 0 Å². The number of epoxide rings is 2. The maximum atomic E-state index is 5.56. The molecule has 4 heteroatoms. The molecule has 2 aliphatic rings. The molecule has 4 nitrogen and oxygen atoms in total. The number of unbranched alkanes of at least 4 members (excludes halogenated alkanes) is 1. The number of hydrogen-bond acceptors (Lipinski definition) is 4. The summed E-state index contributed by atoms with van der Waals surface area (Å²) in [5, 5.41) is 0. The van der Waals surface area contributed by atoms with E-state index in [0.29, 0.717) is 19.8 Å². The molecule has 2 unspecified atom stereocenters. The molecule has 2 rings (SSSR count). The van der Waals surface area contributed by atoms with E-state index in [9.17, 15) is 0 Å². The first-order chi connectivity index (χ1) is 6.35. The fourth-order valence-electron chi connectivity index (χ4n) is 1.05. The van der Waals surface area contributed by atoms with Gasteiger partial charge >= 0.3 is 0 Å². The van der Waals surface area contributed by atoms with E-state index in [1.54, 1.807) is 0 Å². The van der Waals surface area contributed by atoms with E-state index in [0.717, 1.165) is 19.4 Å². The van der Waals surface area contributed by atoms with E-state index in [2.05, 4.69) is 6.92 Å². The third-order valence-electron chi connectivity index (χ3n) is 2.12. The molecule has 2 heterocycles. The minimum atomic E-state index is -0.429. The molecule has 2 atom stereocenters. The van der Waals surface area contributed by atoms with Gasteiger partial charge in [0.2, 0.25) is 5.79 Å². The van der Waals surface area contributed by atoms with Crippen LogP contribution in [-0.4, -0.2) is 38.5 Å². The lowest BCUT2D eigenvalue weighted by Gasteiger charge is -2.11. The van der Waals surface area contributed by atoms with Gasteiger partial charge in [-0.15, -0.1) is 0 Å². The molecule has 0 amide bonds. The van der Waals surface area contributed by atoms with Crippen LogP contribution in [0.25, 0.3) is 0 Å². The Kier molecular flexibility index (Phi) is 2.83. The van der Waals surface area contributed by atoms with Crippen LogP contribution in [0.2, 0.25) is 0 Å². The normalized spacial score (nSPS) is 36.2. The maximum Gasteiger partial charge on any atom is 0.216 e. The monoisotopic (exact) mass is 188 g/mol. The Morgan fingerprint density at radius 2 is 2.31 bits per heavy atom. The third-order valence-corrected chi connectivity index (χ3v) is 2.12. The predicted octanol–water partition coefficient (Wildman–Crippen LogP) is 0.903. The molecule has 0 saturated carbocycles. The molecule has 2 aliphatic heterocycles. The Morgan fingerprint density at radius 3 is 2.85 bits per heavy atom. The summed E-state index contributed by atoms with van der Waals surface area (Å²) < 4.78 is 21.0. The van der Waals surface area contributed by atoms with E-state index < -0.39 is 5.79 Å². The zero-order valence-corrected chi connectivity index (χ0v) is 7.95. The Balaban J connectivity index is 1.58. The second-order valence-electron chi connectivity index (χ2n) is 3.48. The van der Waals surface area contributed by atoms with E-state index in [1.165, 1.54) is 0 Å². The highest BCUT2D eigenvalue weighted by Crippen LogP contribution is 2.30. The Bertz CT molecular complexity index is 163. The molecule has 13 heavy (non-hydrogen) atoms. The SMILES string of the molecule is CCCCOC1(COC2CO2)CO1. The average molecular weight is 188 g/mol. The topological polar surface area (TPSA) is 43.5 Å². The van der Waals surface area contributed by atoms with E-state index in [4.69, 9.17) is 18.9 Å².